The second kappa shape index (κ2) is 7.28. The van der Waals surface area contributed by atoms with Gasteiger partial charge in [-0.15, -0.1) is 0 Å². The Kier molecular flexibility index (Phi) is 5.07. The molecule has 1 atom stereocenters. The zero-order valence-electron chi connectivity index (χ0n) is 14.8. The second-order valence-electron chi connectivity index (χ2n) is 7.00. The number of hydrogen-bond donors (Lipinski definition) is 1. The Morgan fingerprint density at radius 1 is 1.46 bits per heavy atom. The summed E-state index contributed by atoms with van der Waals surface area (Å²) in [6.45, 7) is 4.93. The molecule has 0 saturated heterocycles. The number of benzene rings is 1. The summed E-state index contributed by atoms with van der Waals surface area (Å²) in [5, 5.41) is 19.8. The van der Waals surface area contributed by atoms with Crippen LogP contribution in [0.3, 0.4) is 0 Å². The normalized spacial score (nSPS) is 23.1. The van der Waals surface area contributed by atoms with Gasteiger partial charge < -0.3 is 19.2 Å². The van der Waals surface area contributed by atoms with Gasteiger partial charge in [-0.2, -0.15) is 5.26 Å². The lowest BCUT2D eigenvalue weighted by atomic mass is 9.83. The number of oxazole rings is 1. The first-order chi connectivity index (χ1) is 12.4. The third kappa shape index (κ3) is 3.62. The molecule has 1 aromatic heterocycles. The van der Waals surface area contributed by atoms with E-state index in [-0.39, 0.29) is 18.0 Å². The highest BCUT2D eigenvalue weighted by Gasteiger charge is 2.32. The Labute approximate surface area is 151 Å². The molecule has 1 aliphatic heterocycles. The van der Waals surface area contributed by atoms with Crippen molar-refractivity contribution in [3.8, 4) is 6.07 Å². The molecule has 0 fully saturated rings. The van der Waals surface area contributed by atoms with Gasteiger partial charge in [-0.3, -0.25) is 4.79 Å². The number of aliphatic hydroxyl groups excluding tert-OH is 1. The number of hydrogen-bond acceptors (Lipinski definition) is 6. The highest BCUT2D eigenvalue weighted by Crippen LogP contribution is 2.27. The number of fused-ring (bicyclic) bond motifs is 1. The summed E-state index contributed by atoms with van der Waals surface area (Å²) in [6, 6.07) is 7.11. The van der Waals surface area contributed by atoms with Crippen molar-refractivity contribution in [2.45, 2.75) is 20.0 Å². The number of amides is 1. The fourth-order valence-corrected chi connectivity index (χ4v) is 2.88. The van der Waals surface area contributed by atoms with Crippen molar-refractivity contribution in [3.05, 3.63) is 41.8 Å². The number of aliphatic hydroxyl groups is 1. The number of nitrogens with zero attached hydrogens (tertiary/aromatic N) is 3. The molecule has 0 radical (unpaired) electrons. The molecule has 3 rings (SSSR count). The molecule has 136 valence electrons. The molecule has 1 aliphatic rings. The maximum atomic E-state index is 12.9. The summed E-state index contributed by atoms with van der Waals surface area (Å²) >= 11 is 0. The van der Waals surface area contributed by atoms with Crippen molar-refractivity contribution in [1.82, 2.24) is 9.88 Å². The lowest BCUT2D eigenvalue weighted by molar-refractivity contribution is -0.0117. The van der Waals surface area contributed by atoms with Crippen LogP contribution in [0.4, 0.5) is 0 Å². The van der Waals surface area contributed by atoms with E-state index in [1.165, 1.54) is 6.39 Å². The maximum absolute atomic E-state index is 12.9. The fourth-order valence-electron chi connectivity index (χ4n) is 2.88. The Morgan fingerprint density at radius 3 is 3.04 bits per heavy atom. The van der Waals surface area contributed by atoms with Crippen LogP contribution in [0.1, 0.15) is 24.2 Å². The van der Waals surface area contributed by atoms with Gasteiger partial charge in [0, 0.05) is 24.1 Å². The van der Waals surface area contributed by atoms with Gasteiger partial charge >= 0.3 is 0 Å². The molecule has 26 heavy (non-hydrogen) atoms. The third-order valence-electron chi connectivity index (χ3n) is 4.54. The van der Waals surface area contributed by atoms with Gasteiger partial charge in [0.15, 0.2) is 12.0 Å². The summed E-state index contributed by atoms with van der Waals surface area (Å²) in [4.78, 5) is 18.5. The average molecular weight is 355 g/mol. The van der Waals surface area contributed by atoms with E-state index in [0.29, 0.717) is 36.4 Å². The zero-order valence-corrected chi connectivity index (χ0v) is 14.8. The summed E-state index contributed by atoms with van der Waals surface area (Å²) in [7, 11) is 0. The summed E-state index contributed by atoms with van der Waals surface area (Å²) in [6.07, 6.45) is 2.00. The van der Waals surface area contributed by atoms with Crippen molar-refractivity contribution in [1.29, 1.82) is 5.26 Å². The Morgan fingerprint density at radius 2 is 2.27 bits per heavy atom. The minimum atomic E-state index is -0.951. The molecule has 0 spiro atoms. The van der Waals surface area contributed by atoms with Crippen LogP contribution in [0.25, 0.3) is 11.1 Å². The van der Waals surface area contributed by atoms with Crippen LogP contribution >= 0.6 is 0 Å². The van der Waals surface area contributed by atoms with E-state index < -0.39 is 11.5 Å². The highest BCUT2D eigenvalue weighted by atomic mass is 16.5. The van der Waals surface area contributed by atoms with E-state index in [0.717, 1.165) is 0 Å². The van der Waals surface area contributed by atoms with Crippen LogP contribution < -0.4 is 0 Å². The minimum Gasteiger partial charge on any atom is -0.443 e. The van der Waals surface area contributed by atoms with Crippen LogP contribution in [0, 0.1) is 16.7 Å². The topological polar surface area (TPSA) is 99.6 Å². The lowest BCUT2D eigenvalue weighted by Gasteiger charge is -2.32. The predicted molar refractivity (Wildman–Crippen MR) is 94.2 cm³/mol. The lowest BCUT2D eigenvalue weighted by Crippen LogP contribution is -2.40. The number of nitriles is 1. The number of rotatable bonds is 1. The van der Waals surface area contributed by atoms with Crippen molar-refractivity contribution < 1.29 is 19.1 Å². The van der Waals surface area contributed by atoms with Crippen molar-refractivity contribution in [2.24, 2.45) is 5.41 Å². The van der Waals surface area contributed by atoms with E-state index >= 15 is 0 Å². The molecule has 2 aromatic rings. The van der Waals surface area contributed by atoms with Gasteiger partial charge in [0.05, 0.1) is 31.0 Å². The van der Waals surface area contributed by atoms with Crippen molar-refractivity contribution in [3.63, 3.8) is 0 Å². The first kappa shape index (κ1) is 18.1. The Balaban J connectivity index is 1.86. The van der Waals surface area contributed by atoms with E-state index in [9.17, 15) is 15.2 Å². The average Bonchev–Trinajstić information content (AvgIpc) is 3.10. The maximum Gasteiger partial charge on any atom is 0.254 e. The first-order valence-electron chi connectivity index (χ1n) is 8.41. The number of aromatic nitrogens is 1. The highest BCUT2D eigenvalue weighted by molar-refractivity contribution is 5.97. The smallest absolute Gasteiger partial charge is 0.254 e. The minimum absolute atomic E-state index is 0.199. The van der Waals surface area contributed by atoms with E-state index in [4.69, 9.17) is 9.15 Å². The van der Waals surface area contributed by atoms with Crippen LogP contribution in [0.5, 0.6) is 0 Å². The molecule has 0 bridgehead atoms. The second-order valence-corrected chi connectivity index (χ2v) is 7.00. The van der Waals surface area contributed by atoms with Gasteiger partial charge in [-0.25, -0.2) is 4.98 Å². The van der Waals surface area contributed by atoms with E-state index in [1.54, 1.807) is 29.2 Å². The van der Waals surface area contributed by atoms with Crippen LogP contribution in [0.15, 0.2) is 40.7 Å². The van der Waals surface area contributed by atoms with E-state index in [1.807, 2.05) is 19.9 Å². The summed E-state index contributed by atoms with van der Waals surface area (Å²) < 4.78 is 10.9. The molecule has 1 N–H and O–H groups in total. The predicted octanol–water partition coefficient (Wildman–Crippen LogP) is 2.14. The quantitative estimate of drug-likeness (QED) is 0.841. The molecule has 0 aliphatic carbocycles. The van der Waals surface area contributed by atoms with Crippen LogP contribution in [0.2, 0.25) is 0 Å². The molecule has 1 unspecified atom stereocenters. The van der Waals surface area contributed by atoms with Gasteiger partial charge in [-0.05, 0) is 24.3 Å². The number of carbonyl (C=O) groups excluding carboxylic acids is 1. The van der Waals surface area contributed by atoms with Crippen LogP contribution in [-0.2, 0) is 4.74 Å². The fraction of sp³-hybridized carbons (Fsp3) is 0.421. The van der Waals surface area contributed by atoms with Gasteiger partial charge in [0.25, 0.3) is 5.91 Å². The number of carbonyl (C=O) groups is 1. The largest absolute Gasteiger partial charge is 0.443 e. The molecule has 7 nitrogen and oxygen atoms in total. The Hall–Kier alpha value is -2.69. The molecule has 2 heterocycles. The molecule has 7 heteroatoms. The monoisotopic (exact) mass is 355 g/mol. The molecule has 1 amide bonds. The van der Waals surface area contributed by atoms with Crippen LogP contribution in [-0.4, -0.2) is 53.3 Å². The van der Waals surface area contributed by atoms with Crippen molar-refractivity contribution in [2.75, 3.05) is 26.3 Å². The molecular formula is C19H21N3O4. The molecular weight excluding hydrogens is 334 g/mol. The van der Waals surface area contributed by atoms with Crippen molar-refractivity contribution >= 4 is 17.0 Å². The standard InChI is InChI=1S/C19H21N3O4/c1-19(2)11-25-8-7-22(6-5-14(10-20)17(19)23)18(24)13-3-4-15-16(9-13)26-12-21-15/h3-5,9,12,17,23H,6-8,11H2,1-2H3/b14-5-. The van der Waals surface area contributed by atoms with E-state index in [2.05, 4.69) is 4.98 Å². The van der Waals surface area contributed by atoms with Gasteiger partial charge in [-0.1, -0.05) is 13.8 Å². The summed E-state index contributed by atoms with van der Waals surface area (Å²) in [5.74, 6) is -0.199. The first-order valence-corrected chi connectivity index (χ1v) is 8.41. The SMILES string of the molecule is CC1(C)COCCN(C(=O)c2ccc3ncoc3c2)C/C=C(/C#N)C1O. The third-order valence-corrected chi connectivity index (χ3v) is 4.54. The number of ether oxygens (including phenoxy) is 1. The molecule has 0 saturated carbocycles. The van der Waals surface area contributed by atoms with Gasteiger partial charge in [0.2, 0.25) is 0 Å². The van der Waals surface area contributed by atoms with Gasteiger partial charge in [0.1, 0.15) is 5.52 Å². The molecule has 1 aromatic carbocycles. The zero-order chi connectivity index (χ0) is 18.7. The Bertz CT molecular complexity index is 878. The summed E-state index contributed by atoms with van der Waals surface area (Å²) in [5.41, 5.74) is 1.36.